The van der Waals surface area contributed by atoms with Crippen molar-refractivity contribution in [1.82, 2.24) is 9.88 Å². The Morgan fingerprint density at radius 3 is 2.31 bits per heavy atom. The van der Waals surface area contributed by atoms with Gasteiger partial charge in [0.25, 0.3) is 5.91 Å². The molecule has 0 fully saturated rings. The SMILES string of the molecule is CC1c2c(ccc(F)c2O)C(NC(=O)c2ccn(-c3ccc(F)cc3)c2N)C(O)(C(F)(F)F)C1C. The Bertz CT molecular complexity index is 1290. The van der Waals surface area contributed by atoms with Crippen LogP contribution in [-0.4, -0.2) is 32.5 Å². The number of nitrogens with two attached hydrogens (primary N) is 1. The van der Waals surface area contributed by atoms with Crippen LogP contribution in [0.4, 0.5) is 27.8 Å². The molecule has 11 heteroatoms. The summed E-state index contributed by atoms with van der Waals surface area (Å²) in [6.45, 7) is 2.45. The van der Waals surface area contributed by atoms with Crippen molar-refractivity contribution in [3.8, 4) is 11.4 Å². The maximum Gasteiger partial charge on any atom is 0.419 e. The topological polar surface area (TPSA) is 101 Å². The van der Waals surface area contributed by atoms with Gasteiger partial charge in [-0.1, -0.05) is 19.9 Å². The van der Waals surface area contributed by atoms with Crippen LogP contribution in [-0.2, 0) is 0 Å². The van der Waals surface area contributed by atoms with Gasteiger partial charge in [-0.05, 0) is 47.9 Å². The normalized spacial score (nSPS) is 24.2. The van der Waals surface area contributed by atoms with Gasteiger partial charge in [0.1, 0.15) is 11.6 Å². The van der Waals surface area contributed by atoms with E-state index in [4.69, 9.17) is 5.73 Å². The fraction of sp³-hybridized carbons (Fsp3) is 0.292. The Hall–Kier alpha value is -3.60. The maximum absolute atomic E-state index is 14.3. The lowest BCUT2D eigenvalue weighted by atomic mass is 9.64. The first kappa shape index (κ1) is 24.5. The van der Waals surface area contributed by atoms with E-state index in [-0.39, 0.29) is 22.5 Å². The molecule has 1 aliphatic rings. The number of aromatic hydroxyl groups is 1. The first-order valence-electron chi connectivity index (χ1n) is 10.6. The summed E-state index contributed by atoms with van der Waals surface area (Å²) < 4.78 is 71.4. The molecular formula is C24H22F5N3O3. The minimum Gasteiger partial charge on any atom is -0.505 e. The first-order valence-corrected chi connectivity index (χ1v) is 10.6. The standard InChI is InChI=1S/C24H22F5N3O3/c1-11-12(2)23(35,24(27,28)29)20(15-7-8-17(26)19(33)18(11)15)31-22(34)16-9-10-32(21(16)30)14-5-3-13(25)4-6-14/h3-12,20,33,35H,30H2,1-2H3,(H,31,34). The predicted molar refractivity (Wildman–Crippen MR) is 117 cm³/mol. The monoisotopic (exact) mass is 495 g/mol. The Morgan fingerprint density at radius 2 is 1.71 bits per heavy atom. The predicted octanol–water partition coefficient (Wildman–Crippen LogP) is 4.56. The van der Waals surface area contributed by atoms with Crippen LogP contribution in [0.3, 0.4) is 0 Å². The van der Waals surface area contributed by atoms with E-state index in [1.165, 1.54) is 48.0 Å². The average molecular weight is 495 g/mol. The van der Waals surface area contributed by atoms with Gasteiger partial charge in [0.2, 0.25) is 0 Å². The zero-order valence-corrected chi connectivity index (χ0v) is 18.6. The molecule has 3 aromatic rings. The first-order chi connectivity index (χ1) is 16.3. The van der Waals surface area contributed by atoms with E-state index in [1.807, 2.05) is 0 Å². The van der Waals surface area contributed by atoms with E-state index in [0.717, 1.165) is 19.1 Å². The molecule has 1 aromatic heterocycles. The number of hydrogen-bond donors (Lipinski definition) is 4. The lowest BCUT2D eigenvalue weighted by molar-refractivity contribution is -0.293. The number of amides is 1. The van der Waals surface area contributed by atoms with E-state index in [0.29, 0.717) is 5.69 Å². The highest BCUT2D eigenvalue weighted by molar-refractivity contribution is 5.99. The largest absolute Gasteiger partial charge is 0.505 e. The van der Waals surface area contributed by atoms with Crippen LogP contribution in [0.25, 0.3) is 5.69 Å². The van der Waals surface area contributed by atoms with E-state index in [1.54, 1.807) is 0 Å². The number of hydrogen-bond acceptors (Lipinski definition) is 4. The Kier molecular flexibility index (Phi) is 5.79. The van der Waals surface area contributed by atoms with Crippen molar-refractivity contribution in [3.63, 3.8) is 0 Å². The third-order valence-corrected chi connectivity index (χ3v) is 6.86. The number of benzene rings is 2. The van der Waals surface area contributed by atoms with E-state index < -0.39 is 52.9 Å². The van der Waals surface area contributed by atoms with Crippen LogP contribution in [0, 0.1) is 17.6 Å². The molecule has 186 valence electrons. The molecule has 4 rings (SSSR count). The summed E-state index contributed by atoms with van der Waals surface area (Å²) in [5.41, 5.74) is 2.43. The van der Waals surface area contributed by atoms with E-state index in [9.17, 15) is 37.0 Å². The minimum absolute atomic E-state index is 0.131. The van der Waals surface area contributed by atoms with Gasteiger partial charge in [-0.2, -0.15) is 13.2 Å². The summed E-state index contributed by atoms with van der Waals surface area (Å²) in [4.78, 5) is 13.1. The number of anilines is 1. The molecule has 1 aliphatic carbocycles. The van der Waals surface area contributed by atoms with Crippen LogP contribution in [0.1, 0.15) is 47.3 Å². The fourth-order valence-electron chi connectivity index (χ4n) is 4.74. The zero-order chi connectivity index (χ0) is 25.9. The number of rotatable bonds is 3. The van der Waals surface area contributed by atoms with Crippen molar-refractivity contribution < 1.29 is 37.0 Å². The number of alkyl halides is 3. The highest BCUT2D eigenvalue weighted by atomic mass is 19.4. The molecule has 35 heavy (non-hydrogen) atoms. The molecule has 6 nitrogen and oxygen atoms in total. The maximum atomic E-state index is 14.3. The van der Waals surface area contributed by atoms with Gasteiger partial charge in [-0.3, -0.25) is 4.79 Å². The number of halogens is 5. The number of nitrogens with zero attached hydrogens (tertiary/aromatic N) is 1. The lowest BCUT2D eigenvalue weighted by Gasteiger charge is -2.49. The van der Waals surface area contributed by atoms with Crippen LogP contribution >= 0.6 is 0 Å². The van der Waals surface area contributed by atoms with E-state index in [2.05, 4.69) is 5.32 Å². The summed E-state index contributed by atoms with van der Waals surface area (Å²) in [5, 5.41) is 23.5. The molecule has 2 aromatic carbocycles. The number of carbonyl (C=O) groups is 1. The third kappa shape index (κ3) is 3.70. The van der Waals surface area contributed by atoms with Gasteiger partial charge in [-0.25, -0.2) is 8.78 Å². The lowest BCUT2D eigenvalue weighted by Crippen LogP contribution is -2.62. The molecule has 0 radical (unpaired) electrons. The molecule has 4 unspecified atom stereocenters. The molecule has 1 heterocycles. The van der Waals surface area contributed by atoms with Gasteiger partial charge in [0.15, 0.2) is 17.2 Å². The number of aromatic nitrogens is 1. The third-order valence-electron chi connectivity index (χ3n) is 6.86. The van der Waals surface area contributed by atoms with Crippen molar-refractivity contribution in [2.45, 2.75) is 37.6 Å². The second-order valence-corrected chi connectivity index (χ2v) is 8.67. The fourth-order valence-corrected chi connectivity index (χ4v) is 4.74. The van der Waals surface area contributed by atoms with Gasteiger partial charge >= 0.3 is 6.18 Å². The van der Waals surface area contributed by atoms with Crippen molar-refractivity contribution in [2.75, 3.05) is 5.73 Å². The molecule has 1 amide bonds. The van der Waals surface area contributed by atoms with Crippen molar-refractivity contribution >= 4 is 11.7 Å². The van der Waals surface area contributed by atoms with Gasteiger partial charge in [0.05, 0.1) is 11.6 Å². The molecule has 0 saturated carbocycles. The molecule has 0 aliphatic heterocycles. The number of carbonyl (C=O) groups excluding carboxylic acids is 1. The van der Waals surface area contributed by atoms with Crippen LogP contribution in [0.15, 0.2) is 48.7 Å². The molecule has 0 spiro atoms. The molecule has 4 atom stereocenters. The van der Waals surface area contributed by atoms with Crippen molar-refractivity contribution in [2.24, 2.45) is 5.92 Å². The van der Waals surface area contributed by atoms with Crippen molar-refractivity contribution in [3.05, 3.63) is 77.0 Å². The highest BCUT2D eigenvalue weighted by Gasteiger charge is 2.66. The number of fused-ring (bicyclic) bond motifs is 1. The molecular weight excluding hydrogens is 473 g/mol. The minimum atomic E-state index is -5.19. The smallest absolute Gasteiger partial charge is 0.419 e. The number of nitrogens with one attached hydrogen (secondary N) is 1. The number of phenols is 1. The van der Waals surface area contributed by atoms with E-state index >= 15 is 0 Å². The number of aliphatic hydroxyl groups is 1. The summed E-state index contributed by atoms with van der Waals surface area (Å²) in [6.07, 6.45) is -3.81. The summed E-state index contributed by atoms with van der Waals surface area (Å²) in [6, 6.07) is 6.10. The molecule has 5 N–H and O–H groups in total. The Balaban J connectivity index is 1.79. The van der Waals surface area contributed by atoms with Crippen LogP contribution in [0.2, 0.25) is 0 Å². The van der Waals surface area contributed by atoms with Gasteiger partial charge in [-0.15, -0.1) is 0 Å². The van der Waals surface area contributed by atoms with Crippen molar-refractivity contribution in [1.29, 1.82) is 0 Å². The second kappa shape index (κ2) is 8.26. The highest BCUT2D eigenvalue weighted by Crippen LogP contribution is 2.56. The molecule has 0 bridgehead atoms. The quantitative estimate of drug-likeness (QED) is 0.400. The summed E-state index contributed by atoms with van der Waals surface area (Å²) in [7, 11) is 0. The van der Waals surface area contributed by atoms with Crippen LogP contribution < -0.4 is 11.1 Å². The van der Waals surface area contributed by atoms with Gasteiger partial charge in [0, 0.05) is 23.4 Å². The number of nitrogen functional groups attached to an aromatic ring is 1. The zero-order valence-electron chi connectivity index (χ0n) is 18.6. The van der Waals surface area contributed by atoms with Crippen LogP contribution in [0.5, 0.6) is 5.75 Å². The number of phenolic OH excluding ortho intramolecular Hbond substituents is 1. The summed E-state index contributed by atoms with van der Waals surface area (Å²) in [5.74, 6) is -6.20. The Labute approximate surface area is 196 Å². The Morgan fingerprint density at radius 1 is 1.09 bits per heavy atom. The van der Waals surface area contributed by atoms with Gasteiger partial charge < -0.3 is 25.8 Å². The molecule has 0 saturated heterocycles. The second-order valence-electron chi connectivity index (χ2n) is 8.67. The summed E-state index contributed by atoms with van der Waals surface area (Å²) >= 11 is 0. The average Bonchev–Trinajstić information content (AvgIpc) is 3.18.